The molecule has 1 fully saturated rings. The second-order valence-corrected chi connectivity index (χ2v) is 4.86. The van der Waals surface area contributed by atoms with E-state index in [-0.39, 0.29) is 17.5 Å². The summed E-state index contributed by atoms with van der Waals surface area (Å²) in [5.74, 6) is 0. The molecule has 22 heavy (non-hydrogen) atoms. The molecule has 0 radical (unpaired) electrons. The molecular formula is C11H12N4O7. The van der Waals surface area contributed by atoms with E-state index < -0.39 is 41.9 Å². The van der Waals surface area contributed by atoms with Crippen molar-refractivity contribution in [3.05, 3.63) is 27.2 Å². The van der Waals surface area contributed by atoms with Crippen LogP contribution in [-0.4, -0.2) is 66.0 Å². The molecule has 2 aromatic rings. The monoisotopic (exact) mass is 312 g/mol. The number of aldehydes is 1. The summed E-state index contributed by atoms with van der Waals surface area (Å²) in [4.78, 5) is 42.6. The number of imidazole rings is 1. The molecule has 0 bridgehead atoms. The fraction of sp³-hybridized carbons (Fsp3) is 0.455. The number of ether oxygens (including phenoxy) is 1. The molecular weight excluding hydrogens is 300 g/mol. The Kier molecular flexibility index (Phi) is 3.21. The Hall–Kier alpha value is -2.34. The Labute approximate surface area is 120 Å². The van der Waals surface area contributed by atoms with E-state index in [1.54, 1.807) is 0 Å². The molecule has 11 nitrogen and oxygen atoms in total. The Morgan fingerprint density at radius 3 is 2.73 bits per heavy atom. The van der Waals surface area contributed by atoms with Gasteiger partial charge in [0.2, 0.25) is 5.72 Å². The van der Waals surface area contributed by atoms with E-state index in [1.165, 1.54) is 0 Å². The molecule has 0 aliphatic carbocycles. The predicted octanol–water partition coefficient (Wildman–Crippen LogP) is -3.62. The minimum atomic E-state index is -2.13. The van der Waals surface area contributed by atoms with Crippen LogP contribution in [0.5, 0.6) is 0 Å². The number of hydrogen-bond acceptors (Lipinski definition) is 8. The number of fused-ring (bicyclic) bond motifs is 1. The molecule has 2 aromatic heterocycles. The molecule has 5 N–H and O–H groups in total. The van der Waals surface area contributed by atoms with Crippen molar-refractivity contribution in [3.8, 4) is 0 Å². The van der Waals surface area contributed by atoms with Gasteiger partial charge in [-0.3, -0.25) is 24.1 Å². The predicted molar refractivity (Wildman–Crippen MR) is 69.0 cm³/mol. The minimum Gasteiger partial charge on any atom is -0.394 e. The highest BCUT2D eigenvalue weighted by Gasteiger charge is 2.56. The first-order valence-corrected chi connectivity index (χ1v) is 6.26. The Morgan fingerprint density at radius 2 is 2.14 bits per heavy atom. The van der Waals surface area contributed by atoms with Crippen molar-refractivity contribution in [1.29, 1.82) is 0 Å². The molecule has 0 spiro atoms. The van der Waals surface area contributed by atoms with Gasteiger partial charge < -0.3 is 20.1 Å². The van der Waals surface area contributed by atoms with Gasteiger partial charge in [0.15, 0.2) is 11.8 Å². The van der Waals surface area contributed by atoms with Gasteiger partial charge in [-0.05, 0) is 0 Å². The number of hydrogen-bond donors (Lipinski definition) is 5. The van der Waals surface area contributed by atoms with Crippen LogP contribution in [0.3, 0.4) is 0 Å². The van der Waals surface area contributed by atoms with Gasteiger partial charge in [-0.15, -0.1) is 0 Å². The largest absolute Gasteiger partial charge is 0.394 e. The number of carbonyl (C=O) groups excluding carboxylic acids is 1. The molecule has 118 valence electrons. The summed E-state index contributed by atoms with van der Waals surface area (Å²) in [5.41, 5.74) is -4.10. The van der Waals surface area contributed by atoms with Crippen LogP contribution < -0.4 is 11.2 Å². The number of rotatable bonds is 3. The number of H-pyrrole nitrogens is 2. The second-order valence-electron chi connectivity index (χ2n) is 4.86. The van der Waals surface area contributed by atoms with Gasteiger partial charge in [0.1, 0.15) is 30.3 Å². The number of nitrogens with one attached hydrogen (secondary N) is 2. The lowest BCUT2D eigenvalue weighted by Gasteiger charge is -2.27. The number of carbonyl (C=O) groups is 1. The van der Waals surface area contributed by atoms with Crippen molar-refractivity contribution >= 4 is 17.5 Å². The van der Waals surface area contributed by atoms with E-state index in [9.17, 15) is 24.6 Å². The highest BCUT2D eigenvalue weighted by molar-refractivity contribution is 5.73. The van der Waals surface area contributed by atoms with Gasteiger partial charge in [0, 0.05) is 0 Å². The third kappa shape index (κ3) is 1.77. The summed E-state index contributed by atoms with van der Waals surface area (Å²) in [6.07, 6.45) is -3.27. The molecule has 0 aromatic carbocycles. The maximum Gasteiger partial charge on any atom is 0.327 e. The first kappa shape index (κ1) is 14.6. The highest BCUT2D eigenvalue weighted by Crippen LogP contribution is 2.35. The zero-order valence-corrected chi connectivity index (χ0v) is 11.0. The number of aromatic amines is 2. The Morgan fingerprint density at radius 1 is 1.41 bits per heavy atom. The normalized spacial score (nSPS) is 31.7. The third-order valence-corrected chi connectivity index (χ3v) is 3.64. The average molecular weight is 312 g/mol. The van der Waals surface area contributed by atoms with Crippen molar-refractivity contribution in [2.75, 3.05) is 6.61 Å². The van der Waals surface area contributed by atoms with Crippen LogP contribution in [0.25, 0.3) is 11.2 Å². The lowest BCUT2D eigenvalue weighted by Crippen LogP contribution is -2.47. The molecule has 1 aliphatic heterocycles. The number of nitrogens with zero attached hydrogens (tertiary/aromatic N) is 2. The topological polar surface area (TPSA) is 171 Å². The molecule has 3 rings (SSSR count). The van der Waals surface area contributed by atoms with Crippen LogP contribution in [0.15, 0.2) is 15.9 Å². The summed E-state index contributed by atoms with van der Waals surface area (Å²) in [6.45, 7) is -0.641. The van der Waals surface area contributed by atoms with Crippen molar-refractivity contribution in [3.63, 3.8) is 0 Å². The van der Waals surface area contributed by atoms with Crippen LogP contribution in [-0.2, 0) is 15.3 Å². The minimum absolute atomic E-state index is 0.161. The molecule has 1 saturated heterocycles. The van der Waals surface area contributed by atoms with E-state index in [0.29, 0.717) is 0 Å². The summed E-state index contributed by atoms with van der Waals surface area (Å²) >= 11 is 0. The standard InChI is InChI=1S/C11H12N4O7/c16-1-4-6(18)7(19)11(2-17,22-4)15-3-12-5-8(15)13-10(21)14-9(5)20/h2-4,6-7,16,18-19H,1H2,(H2,13,14,20,21)/t4-,6-,7-,11-/m1/s1. The Balaban J connectivity index is 2.27. The zero-order chi connectivity index (χ0) is 16.1. The quantitative estimate of drug-likeness (QED) is 0.361. The maximum absolute atomic E-state index is 11.7. The first-order chi connectivity index (χ1) is 10.4. The molecule has 11 heteroatoms. The fourth-order valence-electron chi connectivity index (χ4n) is 2.53. The first-order valence-electron chi connectivity index (χ1n) is 6.26. The molecule has 0 saturated carbocycles. The van der Waals surface area contributed by atoms with Crippen LogP contribution in [0.1, 0.15) is 0 Å². The average Bonchev–Trinajstić information content (AvgIpc) is 3.01. The lowest BCUT2D eigenvalue weighted by atomic mass is 10.0. The maximum atomic E-state index is 11.7. The van der Waals surface area contributed by atoms with E-state index in [0.717, 1.165) is 10.9 Å². The van der Waals surface area contributed by atoms with Gasteiger partial charge >= 0.3 is 5.69 Å². The van der Waals surface area contributed by atoms with Crippen LogP contribution in [0, 0.1) is 0 Å². The molecule has 4 atom stereocenters. The second kappa shape index (κ2) is 4.84. The van der Waals surface area contributed by atoms with E-state index in [1.807, 2.05) is 4.98 Å². The molecule has 0 unspecified atom stereocenters. The summed E-state index contributed by atoms with van der Waals surface area (Å²) in [7, 11) is 0. The summed E-state index contributed by atoms with van der Waals surface area (Å²) in [5, 5.41) is 29.1. The van der Waals surface area contributed by atoms with Crippen molar-refractivity contribution in [1.82, 2.24) is 19.5 Å². The van der Waals surface area contributed by atoms with E-state index in [4.69, 9.17) is 9.84 Å². The Bertz CT molecular complexity index is 839. The van der Waals surface area contributed by atoms with Crippen molar-refractivity contribution < 1.29 is 24.9 Å². The van der Waals surface area contributed by atoms with Gasteiger partial charge in [-0.25, -0.2) is 9.78 Å². The fourth-order valence-corrected chi connectivity index (χ4v) is 2.53. The number of aliphatic hydroxyl groups excluding tert-OH is 3. The SMILES string of the molecule is O=C[C@@]1(n2cnc3c(=O)[nH]c(=O)[nH]c32)O[C@H](CO)[C@@H](O)[C@H]1O. The molecule has 3 heterocycles. The number of aliphatic hydroxyl groups is 3. The smallest absolute Gasteiger partial charge is 0.327 e. The van der Waals surface area contributed by atoms with Gasteiger partial charge in [-0.2, -0.15) is 0 Å². The summed E-state index contributed by atoms with van der Waals surface area (Å²) in [6, 6.07) is 0. The lowest BCUT2D eigenvalue weighted by molar-refractivity contribution is -0.160. The number of aromatic nitrogens is 4. The van der Waals surface area contributed by atoms with Gasteiger partial charge in [0.25, 0.3) is 5.56 Å². The van der Waals surface area contributed by atoms with Crippen LogP contribution in [0.2, 0.25) is 0 Å². The third-order valence-electron chi connectivity index (χ3n) is 3.64. The summed E-state index contributed by atoms with van der Waals surface area (Å²) < 4.78 is 6.21. The highest BCUT2D eigenvalue weighted by atomic mass is 16.6. The van der Waals surface area contributed by atoms with Gasteiger partial charge in [0.05, 0.1) is 6.61 Å². The van der Waals surface area contributed by atoms with Crippen molar-refractivity contribution in [2.24, 2.45) is 0 Å². The van der Waals surface area contributed by atoms with Gasteiger partial charge in [-0.1, -0.05) is 0 Å². The zero-order valence-electron chi connectivity index (χ0n) is 11.0. The van der Waals surface area contributed by atoms with Crippen LogP contribution >= 0.6 is 0 Å². The van der Waals surface area contributed by atoms with E-state index in [2.05, 4.69) is 9.97 Å². The molecule has 1 aliphatic rings. The van der Waals surface area contributed by atoms with E-state index >= 15 is 0 Å². The van der Waals surface area contributed by atoms with Crippen molar-refractivity contribution in [2.45, 2.75) is 24.0 Å². The van der Waals surface area contributed by atoms with Crippen LogP contribution in [0.4, 0.5) is 0 Å². The molecule has 0 amide bonds.